The highest BCUT2D eigenvalue weighted by molar-refractivity contribution is 5.98. The molecule has 9 nitrogen and oxygen atoms in total. The summed E-state index contributed by atoms with van der Waals surface area (Å²) in [5.41, 5.74) is 0.811. The average Bonchev–Trinajstić information content (AvgIpc) is 3.10. The fourth-order valence-corrected chi connectivity index (χ4v) is 2.48. The minimum atomic E-state index is -1.13. The Balaban J connectivity index is 1.69. The number of aromatic nitrogens is 1. The van der Waals surface area contributed by atoms with Crippen LogP contribution in [0, 0.1) is 0 Å². The molecule has 3 rings (SSSR count). The van der Waals surface area contributed by atoms with Crippen LogP contribution in [0.2, 0.25) is 0 Å². The molecule has 1 aliphatic heterocycles. The molecule has 2 heterocycles. The number of carbonyl (C=O) groups is 3. The van der Waals surface area contributed by atoms with Crippen molar-refractivity contribution in [1.82, 2.24) is 14.8 Å². The van der Waals surface area contributed by atoms with Gasteiger partial charge in [0.15, 0.2) is 11.7 Å². The fraction of sp³-hybridized carbons (Fsp3) is 0.333. The van der Waals surface area contributed by atoms with Crippen LogP contribution >= 0.6 is 0 Å². The van der Waals surface area contributed by atoms with Crippen LogP contribution in [0.1, 0.15) is 6.92 Å². The lowest BCUT2D eigenvalue weighted by molar-refractivity contribution is -0.158. The Bertz CT molecular complexity index is 867. The average molecular weight is 333 g/mol. The molecule has 1 aliphatic rings. The van der Waals surface area contributed by atoms with Crippen LogP contribution in [0.15, 0.2) is 33.5 Å². The number of esters is 1. The first-order valence-electron chi connectivity index (χ1n) is 7.34. The maximum atomic E-state index is 12.1. The molecular weight excluding hydrogens is 318 g/mol. The molecule has 0 bridgehead atoms. The summed E-state index contributed by atoms with van der Waals surface area (Å²) in [5.74, 6) is -2.07. The van der Waals surface area contributed by atoms with E-state index in [0.29, 0.717) is 17.6 Å². The van der Waals surface area contributed by atoms with Crippen LogP contribution in [0.25, 0.3) is 11.1 Å². The molecule has 1 saturated heterocycles. The first-order valence-corrected chi connectivity index (χ1v) is 7.34. The van der Waals surface area contributed by atoms with Crippen LogP contribution in [0.5, 0.6) is 0 Å². The van der Waals surface area contributed by atoms with Gasteiger partial charge in [0, 0.05) is 13.1 Å². The topological polar surface area (TPSA) is 111 Å². The molecule has 9 heteroatoms. The standard InChI is InChI=1S/C15H15N3O6/c1-9(13(20)17-7-6-16-14(17)21)23-12(19)8-18-10-4-2-3-5-11(10)24-15(18)22/h2-5,9H,6-8H2,1H3,(H,16,21)/t9-/m0/s1. The Morgan fingerprint density at radius 3 is 2.79 bits per heavy atom. The third kappa shape index (κ3) is 2.87. The van der Waals surface area contributed by atoms with E-state index in [1.807, 2.05) is 0 Å². The van der Waals surface area contributed by atoms with E-state index in [9.17, 15) is 19.2 Å². The van der Waals surface area contributed by atoms with E-state index in [1.54, 1.807) is 24.3 Å². The van der Waals surface area contributed by atoms with E-state index in [0.717, 1.165) is 9.47 Å². The molecule has 1 atom stereocenters. The van der Waals surface area contributed by atoms with Gasteiger partial charge in [-0.25, -0.2) is 9.59 Å². The minimum Gasteiger partial charge on any atom is -0.451 e. The van der Waals surface area contributed by atoms with Gasteiger partial charge in [-0.3, -0.25) is 19.1 Å². The normalized spacial score (nSPS) is 15.4. The number of benzene rings is 1. The lowest BCUT2D eigenvalue weighted by Crippen LogP contribution is -2.42. The van der Waals surface area contributed by atoms with Crippen molar-refractivity contribution in [2.24, 2.45) is 0 Å². The molecule has 1 fully saturated rings. The predicted molar refractivity (Wildman–Crippen MR) is 81.1 cm³/mol. The van der Waals surface area contributed by atoms with Gasteiger partial charge in [-0.15, -0.1) is 0 Å². The van der Waals surface area contributed by atoms with E-state index >= 15 is 0 Å². The van der Waals surface area contributed by atoms with Crippen molar-refractivity contribution < 1.29 is 23.5 Å². The highest BCUT2D eigenvalue weighted by atomic mass is 16.5. The third-order valence-corrected chi connectivity index (χ3v) is 3.64. The van der Waals surface area contributed by atoms with E-state index in [4.69, 9.17) is 9.15 Å². The number of rotatable bonds is 4. The van der Waals surface area contributed by atoms with Crippen molar-refractivity contribution in [3.8, 4) is 0 Å². The van der Waals surface area contributed by atoms with E-state index < -0.39 is 29.8 Å². The summed E-state index contributed by atoms with van der Waals surface area (Å²) in [6, 6.07) is 6.14. The molecule has 2 aromatic rings. The Morgan fingerprint density at radius 2 is 2.08 bits per heavy atom. The number of amides is 3. The van der Waals surface area contributed by atoms with Gasteiger partial charge in [0.1, 0.15) is 6.54 Å². The molecule has 3 amide bonds. The summed E-state index contributed by atoms with van der Waals surface area (Å²) < 4.78 is 11.2. The zero-order valence-corrected chi connectivity index (χ0v) is 12.9. The summed E-state index contributed by atoms with van der Waals surface area (Å²) >= 11 is 0. The van der Waals surface area contributed by atoms with Gasteiger partial charge < -0.3 is 14.5 Å². The molecule has 24 heavy (non-hydrogen) atoms. The van der Waals surface area contributed by atoms with Crippen LogP contribution in [-0.2, 0) is 20.9 Å². The maximum absolute atomic E-state index is 12.1. The highest BCUT2D eigenvalue weighted by Crippen LogP contribution is 2.12. The Labute approximate surface area is 135 Å². The van der Waals surface area contributed by atoms with Crippen molar-refractivity contribution in [1.29, 1.82) is 0 Å². The largest absolute Gasteiger partial charge is 0.451 e. The van der Waals surface area contributed by atoms with Crippen molar-refractivity contribution in [2.45, 2.75) is 19.6 Å². The molecule has 1 N–H and O–H groups in total. The van der Waals surface area contributed by atoms with Crippen LogP contribution in [0.3, 0.4) is 0 Å². The fourth-order valence-electron chi connectivity index (χ4n) is 2.48. The first kappa shape index (κ1) is 15.8. The van der Waals surface area contributed by atoms with E-state index in [2.05, 4.69) is 5.32 Å². The molecule has 1 aromatic heterocycles. The number of imide groups is 1. The number of urea groups is 1. The number of ether oxygens (including phenoxy) is 1. The van der Waals surface area contributed by atoms with E-state index in [1.165, 1.54) is 6.92 Å². The molecule has 0 spiro atoms. The second-order valence-corrected chi connectivity index (χ2v) is 5.28. The van der Waals surface area contributed by atoms with E-state index in [-0.39, 0.29) is 13.1 Å². The van der Waals surface area contributed by atoms with Gasteiger partial charge in [0.05, 0.1) is 5.52 Å². The zero-order chi connectivity index (χ0) is 17.3. The number of carbonyl (C=O) groups excluding carboxylic acids is 3. The number of nitrogens with one attached hydrogen (secondary N) is 1. The van der Waals surface area contributed by atoms with Gasteiger partial charge in [-0.1, -0.05) is 12.1 Å². The number of hydrogen-bond acceptors (Lipinski definition) is 6. The quantitative estimate of drug-likeness (QED) is 0.793. The molecule has 0 radical (unpaired) electrons. The van der Waals surface area contributed by atoms with Crippen molar-refractivity contribution >= 4 is 29.0 Å². The smallest absolute Gasteiger partial charge is 0.420 e. The van der Waals surface area contributed by atoms with Crippen LogP contribution in [-0.4, -0.2) is 46.6 Å². The monoisotopic (exact) mass is 333 g/mol. The summed E-state index contributed by atoms with van der Waals surface area (Å²) in [4.78, 5) is 48.3. The van der Waals surface area contributed by atoms with Gasteiger partial charge in [-0.05, 0) is 19.1 Å². The van der Waals surface area contributed by atoms with Crippen molar-refractivity contribution in [2.75, 3.05) is 13.1 Å². The predicted octanol–water partition coefficient (Wildman–Crippen LogP) is 0.0780. The van der Waals surface area contributed by atoms with Gasteiger partial charge in [0.2, 0.25) is 0 Å². The zero-order valence-electron chi connectivity index (χ0n) is 12.9. The number of para-hydroxylation sites is 2. The van der Waals surface area contributed by atoms with Gasteiger partial charge in [0.25, 0.3) is 5.91 Å². The highest BCUT2D eigenvalue weighted by Gasteiger charge is 2.31. The second kappa shape index (κ2) is 6.19. The number of nitrogens with zero attached hydrogens (tertiary/aromatic N) is 2. The molecular formula is C15H15N3O6. The van der Waals surface area contributed by atoms with Gasteiger partial charge in [-0.2, -0.15) is 0 Å². The molecule has 1 aromatic carbocycles. The minimum absolute atomic E-state index is 0.228. The Morgan fingerprint density at radius 1 is 1.33 bits per heavy atom. The first-order chi connectivity index (χ1) is 11.5. The second-order valence-electron chi connectivity index (χ2n) is 5.28. The lowest BCUT2D eigenvalue weighted by Gasteiger charge is -2.18. The summed E-state index contributed by atoms with van der Waals surface area (Å²) in [6.45, 7) is 1.58. The molecule has 0 aliphatic carbocycles. The number of oxazole rings is 1. The Kier molecular flexibility index (Phi) is 4.07. The third-order valence-electron chi connectivity index (χ3n) is 3.64. The SMILES string of the molecule is C[C@H](OC(=O)Cn1c(=O)oc2ccccc21)C(=O)N1CCNC1=O. The molecule has 0 unspecified atom stereocenters. The van der Waals surface area contributed by atoms with Gasteiger partial charge >= 0.3 is 17.8 Å². The van der Waals surface area contributed by atoms with Crippen LogP contribution in [0.4, 0.5) is 4.79 Å². The maximum Gasteiger partial charge on any atom is 0.420 e. The van der Waals surface area contributed by atoms with Crippen molar-refractivity contribution in [3.05, 3.63) is 34.8 Å². The summed E-state index contributed by atoms with van der Waals surface area (Å²) in [6.07, 6.45) is -1.13. The number of hydrogen-bond donors (Lipinski definition) is 1. The lowest BCUT2D eigenvalue weighted by atomic mass is 10.3. The van der Waals surface area contributed by atoms with Crippen LogP contribution < -0.4 is 11.1 Å². The summed E-state index contributed by atoms with van der Waals surface area (Å²) in [7, 11) is 0. The Hall–Kier alpha value is -3.10. The summed E-state index contributed by atoms with van der Waals surface area (Å²) in [5, 5.41) is 2.49. The molecule has 126 valence electrons. The number of fused-ring (bicyclic) bond motifs is 1. The van der Waals surface area contributed by atoms with Crippen molar-refractivity contribution in [3.63, 3.8) is 0 Å². The molecule has 0 saturated carbocycles.